The van der Waals surface area contributed by atoms with Crippen molar-refractivity contribution in [3.8, 4) is 0 Å². The first kappa shape index (κ1) is 14.1. The van der Waals surface area contributed by atoms with Gasteiger partial charge in [0.05, 0.1) is 13.2 Å². The second-order valence-corrected chi connectivity index (χ2v) is 6.91. The molecule has 7 nitrogen and oxygen atoms in total. The van der Waals surface area contributed by atoms with Crippen LogP contribution in [-0.2, 0) is 33.1 Å². The van der Waals surface area contributed by atoms with Crippen LogP contribution >= 0.6 is 0 Å². The molecule has 0 bridgehead atoms. The molecule has 2 aliphatic heterocycles. The van der Waals surface area contributed by atoms with Crippen LogP contribution in [0.1, 0.15) is 12.8 Å². The zero-order chi connectivity index (χ0) is 13.6. The molecule has 0 saturated carbocycles. The summed E-state index contributed by atoms with van der Waals surface area (Å²) in [4.78, 5) is 0. The molecule has 0 aromatic carbocycles. The molecule has 106 valence electrons. The van der Waals surface area contributed by atoms with Crippen molar-refractivity contribution in [1.29, 1.82) is 0 Å². The van der Waals surface area contributed by atoms with Crippen LogP contribution in [0, 0.1) is 0 Å². The van der Waals surface area contributed by atoms with Gasteiger partial charge in [-0.25, -0.2) is 17.1 Å². The predicted octanol–water partition coefficient (Wildman–Crippen LogP) is -0.209. The molecular formula is C7H10F2O7S2. The number of halogens is 2. The molecule has 11 heteroatoms. The lowest BCUT2D eigenvalue weighted by Crippen LogP contribution is -2.50. The van der Waals surface area contributed by atoms with Gasteiger partial charge in [0, 0.05) is 6.42 Å². The molecule has 18 heavy (non-hydrogen) atoms. The number of alkyl halides is 2. The Hall–Kier alpha value is -0.360. The van der Waals surface area contributed by atoms with E-state index >= 15 is 0 Å². The Balaban J connectivity index is 2.26. The molecule has 0 radical (unpaired) electrons. The zero-order valence-electron chi connectivity index (χ0n) is 8.91. The third-order valence-electron chi connectivity index (χ3n) is 2.68. The van der Waals surface area contributed by atoms with Gasteiger partial charge in [-0.1, -0.05) is 0 Å². The average molecular weight is 308 g/mol. The first-order valence-electron chi connectivity index (χ1n) is 4.99. The Morgan fingerprint density at radius 2 is 1.61 bits per heavy atom. The van der Waals surface area contributed by atoms with E-state index in [0.29, 0.717) is 0 Å². The van der Waals surface area contributed by atoms with E-state index in [1.165, 1.54) is 0 Å². The molecule has 2 fully saturated rings. The molecule has 2 rings (SSSR count). The van der Waals surface area contributed by atoms with Gasteiger partial charge in [0.15, 0.2) is 5.25 Å². The summed E-state index contributed by atoms with van der Waals surface area (Å²) in [6.45, 7) is -0.825. The quantitative estimate of drug-likeness (QED) is 0.651. The molecule has 0 amide bonds. The standard InChI is InChI=1S/C7H10F2O7S2/c8-7(9,6-2-4-14-17(6,10)11)5-1-3-15-18(12,13)16-5/h5-6H,1-4H2. The Kier molecular flexibility index (Phi) is 3.39. The highest BCUT2D eigenvalue weighted by Gasteiger charge is 2.58. The molecule has 2 unspecified atom stereocenters. The van der Waals surface area contributed by atoms with Gasteiger partial charge < -0.3 is 0 Å². The number of rotatable bonds is 2. The summed E-state index contributed by atoms with van der Waals surface area (Å²) < 4.78 is 84.8. The molecule has 0 aliphatic carbocycles. The lowest BCUT2D eigenvalue weighted by Gasteiger charge is -2.31. The van der Waals surface area contributed by atoms with Crippen molar-refractivity contribution in [1.82, 2.24) is 0 Å². The summed E-state index contributed by atoms with van der Waals surface area (Å²) in [5.74, 6) is -3.85. The summed E-state index contributed by atoms with van der Waals surface area (Å²) in [5, 5.41) is -2.09. The Morgan fingerprint density at radius 1 is 1.00 bits per heavy atom. The molecule has 2 heterocycles. The van der Waals surface area contributed by atoms with Crippen LogP contribution in [0.3, 0.4) is 0 Å². The van der Waals surface area contributed by atoms with E-state index in [0.717, 1.165) is 0 Å². The topological polar surface area (TPSA) is 96.0 Å². The molecule has 0 N–H and O–H groups in total. The van der Waals surface area contributed by atoms with Gasteiger partial charge in [-0.3, -0.25) is 4.18 Å². The van der Waals surface area contributed by atoms with Crippen LogP contribution < -0.4 is 0 Å². The van der Waals surface area contributed by atoms with Crippen LogP contribution in [0.25, 0.3) is 0 Å². The van der Waals surface area contributed by atoms with Crippen LogP contribution in [-0.4, -0.2) is 47.3 Å². The third-order valence-corrected chi connectivity index (χ3v) is 5.34. The first-order chi connectivity index (χ1) is 8.15. The number of hydrogen-bond donors (Lipinski definition) is 0. The molecular weight excluding hydrogens is 298 g/mol. The summed E-state index contributed by atoms with van der Waals surface area (Å²) in [6.07, 6.45) is -2.88. The normalized spacial score (nSPS) is 35.4. The van der Waals surface area contributed by atoms with Crippen molar-refractivity contribution < 1.29 is 38.2 Å². The second kappa shape index (κ2) is 4.34. The lowest BCUT2D eigenvalue weighted by atomic mass is 10.0. The Bertz CT molecular complexity index is 526. The first-order valence-corrected chi connectivity index (χ1v) is 7.79. The van der Waals surface area contributed by atoms with Crippen molar-refractivity contribution in [2.75, 3.05) is 13.2 Å². The van der Waals surface area contributed by atoms with Crippen LogP contribution in [0.4, 0.5) is 8.78 Å². The fourth-order valence-corrected chi connectivity index (χ4v) is 4.10. The maximum absolute atomic E-state index is 13.9. The van der Waals surface area contributed by atoms with Gasteiger partial charge in [0.25, 0.3) is 16.0 Å². The van der Waals surface area contributed by atoms with Crippen molar-refractivity contribution in [3.05, 3.63) is 0 Å². The van der Waals surface area contributed by atoms with Gasteiger partial charge in [-0.05, 0) is 6.42 Å². The van der Waals surface area contributed by atoms with Crippen LogP contribution in [0.15, 0.2) is 0 Å². The van der Waals surface area contributed by atoms with E-state index in [-0.39, 0.29) is 6.61 Å². The minimum absolute atomic E-state index is 0.349. The van der Waals surface area contributed by atoms with Crippen molar-refractivity contribution in [3.63, 3.8) is 0 Å². The van der Waals surface area contributed by atoms with Gasteiger partial charge in [0.1, 0.15) is 6.10 Å². The Morgan fingerprint density at radius 3 is 2.11 bits per heavy atom. The maximum atomic E-state index is 13.9. The third kappa shape index (κ3) is 2.50. The van der Waals surface area contributed by atoms with Crippen LogP contribution in [0.5, 0.6) is 0 Å². The second-order valence-electron chi connectivity index (χ2n) is 3.87. The average Bonchev–Trinajstić information content (AvgIpc) is 2.57. The van der Waals surface area contributed by atoms with E-state index in [9.17, 15) is 25.6 Å². The van der Waals surface area contributed by atoms with E-state index in [1.54, 1.807) is 0 Å². The monoisotopic (exact) mass is 308 g/mol. The molecule has 0 spiro atoms. The van der Waals surface area contributed by atoms with E-state index in [1.807, 2.05) is 0 Å². The van der Waals surface area contributed by atoms with E-state index in [4.69, 9.17) is 0 Å². The smallest absolute Gasteiger partial charge is 0.270 e. The minimum Gasteiger partial charge on any atom is -0.270 e. The zero-order valence-corrected chi connectivity index (χ0v) is 10.5. The minimum atomic E-state index is -4.50. The number of hydrogen-bond acceptors (Lipinski definition) is 7. The fourth-order valence-electron chi connectivity index (χ4n) is 1.82. The van der Waals surface area contributed by atoms with Crippen molar-refractivity contribution in [2.24, 2.45) is 0 Å². The molecule has 2 saturated heterocycles. The highest BCUT2D eigenvalue weighted by Crippen LogP contribution is 2.39. The summed E-state index contributed by atoms with van der Waals surface area (Å²) in [7, 11) is -8.89. The summed E-state index contributed by atoms with van der Waals surface area (Å²) in [6, 6.07) is 0. The highest BCUT2D eigenvalue weighted by molar-refractivity contribution is 7.87. The fraction of sp³-hybridized carbons (Fsp3) is 1.00. The van der Waals surface area contributed by atoms with Gasteiger partial charge in [-0.2, -0.15) is 16.8 Å². The molecule has 0 aromatic rings. The van der Waals surface area contributed by atoms with Gasteiger partial charge in [-0.15, -0.1) is 0 Å². The molecule has 0 aromatic heterocycles. The molecule has 2 aliphatic rings. The maximum Gasteiger partial charge on any atom is 0.400 e. The largest absolute Gasteiger partial charge is 0.400 e. The van der Waals surface area contributed by atoms with Gasteiger partial charge >= 0.3 is 10.4 Å². The van der Waals surface area contributed by atoms with Crippen molar-refractivity contribution >= 4 is 20.5 Å². The van der Waals surface area contributed by atoms with Crippen LogP contribution in [0.2, 0.25) is 0 Å². The summed E-state index contributed by atoms with van der Waals surface area (Å²) in [5.41, 5.74) is 0. The highest BCUT2D eigenvalue weighted by atomic mass is 32.3. The lowest BCUT2D eigenvalue weighted by molar-refractivity contribution is -0.115. The SMILES string of the molecule is O=S1(=O)OCCC(C(F)(F)C2CCOS2(=O)=O)O1. The molecule has 2 atom stereocenters. The predicted molar refractivity (Wildman–Crippen MR) is 52.6 cm³/mol. The summed E-state index contributed by atoms with van der Waals surface area (Å²) >= 11 is 0. The van der Waals surface area contributed by atoms with Gasteiger partial charge in [0.2, 0.25) is 0 Å². The Labute approximate surface area is 102 Å². The van der Waals surface area contributed by atoms with E-state index < -0.39 is 57.2 Å². The van der Waals surface area contributed by atoms with Crippen molar-refractivity contribution in [2.45, 2.75) is 30.1 Å². The van der Waals surface area contributed by atoms with E-state index in [2.05, 4.69) is 12.5 Å².